The fourth-order valence-corrected chi connectivity index (χ4v) is 3.11. The van der Waals surface area contributed by atoms with Gasteiger partial charge in [-0.15, -0.1) is 0 Å². The van der Waals surface area contributed by atoms with Crippen molar-refractivity contribution in [1.29, 1.82) is 0 Å². The molecule has 0 saturated carbocycles. The maximum atomic E-state index is 11.0. The third kappa shape index (κ3) is 5.98. The molecule has 0 aliphatic rings. The van der Waals surface area contributed by atoms with Gasteiger partial charge in [-0.3, -0.25) is 4.48 Å². The average Bonchev–Trinajstić information content (AvgIpc) is 2.16. The summed E-state index contributed by atoms with van der Waals surface area (Å²) in [7, 11) is -4.40. The van der Waals surface area contributed by atoms with Gasteiger partial charge in [-0.05, 0) is 19.3 Å². The number of quaternary nitrogens is 1. The molecule has 0 spiro atoms. The van der Waals surface area contributed by atoms with Gasteiger partial charge in [-0.2, -0.15) is 0 Å². The molecule has 0 aromatic rings. The molecule has 0 rings (SSSR count). The van der Waals surface area contributed by atoms with E-state index in [1.165, 1.54) is 0 Å². The minimum absolute atomic E-state index is 0.462. The van der Waals surface area contributed by atoms with Crippen LogP contribution >= 0.6 is 7.82 Å². The van der Waals surface area contributed by atoms with Crippen LogP contribution in [0.3, 0.4) is 0 Å². The summed E-state index contributed by atoms with van der Waals surface area (Å²) < 4.78 is 16.5. The number of hydrogen-bond donors (Lipinski definition) is 2. The van der Waals surface area contributed by atoms with Crippen molar-refractivity contribution >= 4 is 7.82 Å². The molecule has 5 nitrogen and oxygen atoms in total. The third-order valence-electron chi connectivity index (χ3n) is 3.07. The van der Waals surface area contributed by atoms with Gasteiger partial charge in [0.25, 0.3) is 0 Å². The maximum Gasteiger partial charge on any atom is 0.474 e. The van der Waals surface area contributed by atoms with Crippen LogP contribution in [0.5, 0.6) is 0 Å². The maximum absolute atomic E-state index is 11.0. The van der Waals surface area contributed by atoms with Crippen LogP contribution in [0.2, 0.25) is 0 Å². The fraction of sp³-hybridized carbons (Fsp3) is 1.00. The van der Waals surface area contributed by atoms with Crippen LogP contribution < -0.4 is 0 Å². The first-order chi connectivity index (χ1) is 7.81. The molecule has 0 aromatic heterocycles. The standard InChI is InChI=1S/C11H26NO4P/c1-5-8-12(9-6-2,10-7-3)11(4)16-17(13,14)15/h11H,5-10H2,1-4H3,(H-,13,14,15)/p+1. The van der Waals surface area contributed by atoms with E-state index in [0.717, 1.165) is 38.9 Å². The van der Waals surface area contributed by atoms with Crippen molar-refractivity contribution in [1.82, 2.24) is 0 Å². The molecule has 104 valence electrons. The van der Waals surface area contributed by atoms with Crippen LogP contribution in [0.15, 0.2) is 0 Å². The molecule has 17 heavy (non-hydrogen) atoms. The Balaban J connectivity index is 4.90. The predicted octanol–water partition coefficient (Wildman–Crippen LogP) is 2.49. The summed E-state index contributed by atoms with van der Waals surface area (Å²) in [6.45, 7) is 10.7. The van der Waals surface area contributed by atoms with Crippen LogP contribution in [0.25, 0.3) is 0 Å². The van der Waals surface area contributed by atoms with Gasteiger partial charge in [0.1, 0.15) is 0 Å². The Morgan fingerprint density at radius 3 is 1.65 bits per heavy atom. The van der Waals surface area contributed by atoms with Gasteiger partial charge < -0.3 is 9.79 Å². The predicted molar refractivity (Wildman–Crippen MR) is 68.3 cm³/mol. The van der Waals surface area contributed by atoms with Crippen LogP contribution in [0, 0.1) is 0 Å². The van der Waals surface area contributed by atoms with Gasteiger partial charge in [-0.1, -0.05) is 20.8 Å². The summed E-state index contributed by atoms with van der Waals surface area (Å²) >= 11 is 0. The largest absolute Gasteiger partial charge is 0.474 e. The Bertz CT molecular complexity index is 237. The normalized spacial score (nSPS) is 14.9. The second-order valence-corrected chi connectivity index (χ2v) is 5.78. The van der Waals surface area contributed by atoms with Gasteiger partial charge in [0.05, 0.1) is 19.6 Å². The number of nitrogens with zero attached hydrogens (tertiary/aromatic N) is 1. The Hall–Kier alpha value is 0.0700. The lowest BCUT2D eigenvalue weighted by molar-refractivity contribution is -0.966. The number of hydrogen-bond acceptors (Lipinski definition) is 2. The molecule has 2 N–H and O–H groups in total. The quantitative estimate of drug-likeness (QED) is 0.383. The molecule has 1 atom stereocenters. The molecule has 1 unspecified atom stereocenters. The molecule has 6 heteroatoms. The highest BCUT2D eigenvalue weighted by Gasteiger charge is 2.36. The van der Waals surface area contributed by atoms with E-state index >= 15 is 0 Å². The lowest BCUT2D eigenvalue weighted by atomic mass is 10.2. The van der Waals surface area contributed by atoms with Crippen LogP contribution in [-0.4, -0.2) is 40.1 Å². The van der Waals surface area contributed by atoms with E-state index in [2.05, 4.69) is 20.8 Å². The minimum atomic E-state index is -4.40. The molecule has 0 saturated heterocycles. The highest BCUT2D eigenvalue weighted by molar-refractivity contribution is 7.46. The summed E-state index contributed by atoms with van der Waals surface area (Å²) in [5.41, 5.74) is 0. The molecule has 0 aromatic carbocycles. The Labute approximate surface area is 105 Å². The summed E-state index contributed by atoms with van der Waals surface area (Å²) in [5.74, 6) is 0. The Kier molecular flexibility index (Phi) is 7.52. The summed E-state index contributed by atoms with van der Waals surface area (Å²) in [4.78, 5) is 17.9. The SMILES string of the molecule is CCC[N+](CCC)(CCC)C(C)OP(=O)(O)O. The zero-order valence-electron chi connectivity index (χ0n) is 11.4. The lowest BCUT2D eigenvalue weighted by Gasteiger charge is -2.42. The molecule has 0 radical (unpaired) electrons. The topological polar surface area (TPSA) is 66.8 Å². The number of phosphoric ester groups is 1. The smallest absolute Gasteiger partial charge is 0.303 e. The minimum Gasteiger partial charge on any atom is -0.303 e. The number of phosphoric acid groups is 1. The van der Waals surface area contributed by atoms with Crippen molar-refractivity contribution in [2.45, 2.75) is 53.2 Å². The van der Waals surface area contributed by atoms with E-state index in [1.54, 1.807) is 6.92 Å². The fourth-order valence-electron chi connectivity index (χ4n) is 2.52. The number of rotatable bonds is 9. The lowest BCUT2D eigenvalue weighted by Crippen LogP contribution is -2.56. The summed E-state index contributed by atoms with van der Waals surface area (Å²) in [5, 5.41) is 0. The van der Waals surface area contributed by atoms with Crippen LogP contribution in [0.4, 0.5) is 0 Å². The summed E-state index contributed by atoms with van der Waals surface area (Å²) in [6.07, 6.45) is 2.48. The third-order valence-corrected chi connectivity index (χ3v) is 3.65. The van der Waals surface area contributed by atoms with Gasteiger partial charge in [-0.25, -0.2) is 9.09 Å². The molecular formula is C11H27NO4P+. The Morgan fingerprint density at radius 1 is 1.06 bits per heavy atom. The second kappa shape index (κ2) is 7.49. The van der Waals surface area contributed by atoms with E-state index in [9.17, 15) is 4.57 Å². The van der Waals surface area contributed by atoms with E-state index in [1.807, 2.05) is 0 Å². The van der Waals surface area contributed by atoms with E-state index in [0.29, 0.717) is 4.48 Å². The molecule has 0 aliphatic carbocycles. The molecule has 0 heterocycles. The van der Waals surface area contributed by atoms with Crippen molar-refractivity contribution < 1.29 is 23.4 Å². The van der Waals surface area contributed by atoms with E-state index in [-0.39, 0.29) is 0 Å². The first kappa shape index (κ1) is 17.1. The highest BCUT2D eigenvalue weighted by Crippen LogP contribution is 2.40. The zero-order valence-corrected chi connectivity index (χ0v) is 12.3. The zero-order chi connectivity index (χ0) is 13.5. The second-order valence-electron chi connectivity index (χ2n) is 4.58. The monoisotopic (exact) mass is 268 g/mol. The molecule has 0 aliphatic heterocycles. The van der Waals surface area contributed by atoms with Gasteiger partial charge >= 0.3 is 7.82 Å². The van der Waals surface area contributed by atoms with Crippen LogP contribution in [-0.2, 0) is 9.09 Å². The Morgan fingerprint density at radius 2 is 1.41 bits per heavy atom. The van der Waals surface area contributed by atoms with Gasteiger partial charge in [0.2, 0.25) is 6.23 Å². The molecule has 0 fully saturated rings. The first-order valence-corrected chi connectivity index (χ1v) is 7.94. The first-order valence-electron chi connectivity index (χ1n) is 6.41. The molecule has 0 bridgehead atoms. The van der Waals surface area contributed by atoms with Crippen molar-refractivity contribution in [2.75, 3.05) is 19.6 Å². The van der Waals surface area contributed by atoms with E-state index in [4.69, 9.17) is 14.3 Å². The van der Waals surface area contributed by atoms with Crippen molar-refractivity contribution in [3.8, 4) is 0 Å². The summed E-state index contributed by atoms with van der Waals surface area (Å²) in [6, 6.07) is 0. The highest BCUT2D eigenvalue weighted by atomic mass is 31.2. The van der Waals surface area contributed by atoms with Crippen molar-refractivity contribution in [3.63, 3.8) is 0 Å². The average molecular weight is 268 g/mol. The molecule has 0 amide bonds. The van der Waals surface area contributed by atoms with Gasteiger partial charge in [0, 0.05) is 6.92 Å². The molecular weight excluding hydrogens is 241 g/mol. The van der Waals surface area contributed by atoms with Crippen molar-refractivity contribution in [2.24, 2.45) is 0 Å². The van der Waals surface area contributed by atoms with E-state index < -0.39 is 14.1 Å². The van der Waals surface area contributed by atoms with Gasteiger partial charge in [0.15, 0.2) is 0 Å². The van der Waals surface area contributed by atoms with Crippen LogP contribution in [0.1, 0.15) is 47.0 Å². The van der Waals surface area contributed by atoms with Crippen molar-refractivity contribution in [3.05, 3.63) is 0 Å².